The van der Waals surface area contributed by atoms with Crippen molar-refractivity contribution in [2.45, 2.75) is 76.4 Å². The number of carbonyl (C=O) groups is 2. The molecule has 1 unspecified atom stereocenters. The summed E-state index contributed by atoms with van der Waals surface area (Å²) in [6.07, 6.45) is 8.96. The number of nitrogens with zero attached hydrogens (tertiary/aromatic N) is 1. The summed E-state index contributed by atoms with van der Waals surface area (Å²) in [6, 6.07) is 3.40. The van der Waals surface area contributed by atoms with Gasteiger partial charge in [0.05, 0.1) is 21.3 Å². The standard InChI is InChI=1S/C25H38N2O6/c1-30-21-16-18(17-22(31-2)23(21)32-3)10-9-14-26-24(28)20-13-7-8-15-27(20)25(29)33-19-11-5-4-6-12-19/h16-17,19-20H,4-15H2,1-3H3,(H,26,28). The highest BCUT2D eigenvalue weighted by Crippen LogP contribution is 2.38. The average Bonchev–Trinajstić information content (AvgIpc) is 2.86. The molecule has 0 aromatic heterocycles. The van der Waals surface area contributed by atoms with Crippen LogP contribution >= 0.6 is 0 Å². The maximum atomic E-state index is 12.9. The number of ether oxygens (including phenoxy) is 4. The van der Waals surface area contributed by atoms with Crippen molar-refractivity contribution in [3.63, 3.8) is 0 Å². The highest BCUT2D eigenvalue weighted by Gasteiger charge is 2.34. The molecule has 1 N–H and O–H groups in total. The lowest BCUT2D eigenvalue weighted by atomic mass is 9.98. The molecule has 33 heavy (non-hydrogen) atoms. The Morgan fingerprint density at radius 3 is 2.24 bits per heavy atom. The fourth-order valence-corrected chi connectivity index (χ4v) is 4.72. The average molecular weight is 463 g/mol. The van der Waals surface area contributed by atoms with E-state index in [0.717, 1.165) is 56.9 Å². The van der Waals surface area contributed by atoms with Gasteiger partial charge in [0.25, 0.3) is 0 Å². The van der Waals surface area contributed by atoms with E-state index in [-0.39, 0.29) is 18.1 Å². The van der Waals surface area contributed by atoms with E-state index < -0.39 is 6.04 Å². The highest BCUT2D eigenvalue weighted by molar-refractivity contribution is 5.85. The summed E-state index contributed by atoms with van der Waals surface area (Å²) in [5.74, 6) is 1.70. The molecule has 0 radical (unpaired) electrons. The Bertz CT molecular complexity index is 768. The van der Waals surface area contributed by atoms with Crippen LogP contribution < -0.4 is 19.5 Å². The second kappa shape index (κ2) is 12.6. The summed E-state index contributed by atoms with van der Waals surface area (Å²) < 4.78 is 21.9. The van der Waals surface area contributed by atoms with E-state index in [1.807, 2.05) is 12.1 Å². The van der Waals surface area contributed by atoms with Crippen LogP contribution in [-0.4, -0.2) is 63.5 Å². The van der Waals surface area contributed by atoms with Crippen LogP contribution in [0, 0.1) is 0 Å². The molecule has 1 aromatic carbocycles. The molecule has 2 aliphatic rings. The van der Waals surface area contributed by atoms with Gasteiger partial charge >= 0.3 is 6.09 Å². The number of amides is 2. The van der Waals surface area contributed by atoms with Crippen LogP contribution in [0.1, 0.15) is 63.4 Å². The molecule has 2 amide bonds. The van der Waals surface area contributed by atoms with Gasteiger partial charge in [-0.25, -0.2) is 4.79 Å². The molecule has 1 aromatic rings. The van der Waals surface area contributed by atoms with Crippen molar-refractivity contribution in [1.29, 1.82) is 0 Å². The number of hydrogen-bond acceptors (Lipinski definition) is 6. The molecule has 3 rings (SSSR count). The first-order valence-electron chi connectivity index (χ1n) is 12.1. The first-order chi connectivity index (χ1) is 16.1. The van der Waals surface area contributed by atoms with Crippen LogP contribution in [0.2, 0.25) is 0 Å². The van der Waals surface area contributed by atoms with Gasteiger partial charge in [0, 0.05) is 13.1 Å². The summed E-state index contributed by atoms with van der Waals surface area (Å²) in [6.45, 7) is 1.10. The lowest BCUT2D eigenvalue weighted by molar-refractivity contribution is -0.127. The van der Waals surface area contributed by atoms with Crippen molar-refractivity contribution in [3.05, 3.63) is 17.7 Å². The van der Waals surface area contributed by atoms with Gasteiger partial charge in [-0.2, -0.15) is 0 Å². The fraction of sp³-hybridized carbons (Fsp3) is 0.680. The number of rotatable bonds is 9. The van der Waals surface area contributed by atoms with Gasteiger partial charge in [0.1, 0.15) is 12.1 Å². The minimum absolute atomic E-state index is 0.00429. The second-order valence-electron chi connectivity index (χ2n) is 8.78. The Balaban J connectivity index is 1.50. The monoisotopic (exact) mass is 462 g/mol. The molecule has 0 spiro atoms. The topological polar surface area (TPSA) is 86.3 Å². The molecule has 1 saturated carbocycles. The summed E-state index contributed by atoms with van der Waals surface area (Å²) in [4.78, 5) is 27.3. The summed E-state index contributed by atoms with van der Waals surface area (Å²) in [7, 11) is 4.77. The Hall–Kier alpha value is -2.64. The predicted octanol–water partition coefficient (Wildman–Crippen LogP) is 4.09. The molecule has 1 aliphatic heterocycles. The largest absolute Gasteiger partial charge is 0.493 e. The van der Waals surface area contributed by atoms with Gasteiger partial charge in [-0.1, -0.05) is 6.42 Å². The highest BCUT2D eigenvalue weighted by atomic mass is 16.6. The van der Waals surface area contributed by atoms with E-state index in [4.69, 9.17) is 18.9 Å². The number of hydrogen-bond donors (Lipinski definition) is 1. The smallest absolute Gasteiger partial charge is 0.410 e. The van der Waals surface area contributed by atoms with Gasteiger partial charge in [-0.3, -0.25) is 9.69 Å². The van der Waals surface area contributed by atoms with Gasteiger partial charge < -0.3 is 24.3 Å². The first-order valence-corrected chi connectivity index (χ1v) is 12.1. The maximum absolute atomic E-state index is 12.9. The number of piperidine rings is 1. The van der Waals surface area contributed by atoms with E-state index >= 15 is 0 Å². The minimum Gasteiger partial charge on any atom is -0.493 e. The van der Waals surface area contributed by atoms with Crippen LogP contribution in [0.25, 0.3) is 0 Å². The van der Waals surface area contributed by atoms with Crippen molar-refractivity contribution in [2.24, 2.45) is 0 Å². The molecule has 1 saturated heterocycles. The molecule has 184 valence electrons. The molecule has 2 fully saturated rings. The van der Waals surface area contributed by atoms with Crippen molar-refractivity contribution in [3.8, 4) is 17.2 Å². The number of nitrogens with one attached hydrogen (secondary N) is 1. The molecular formula is C25H38N2O6. The third-order valence-corrected chi connectivity index (χ3v) is 6.53. The molecule has 1 aliphatic carbocycles. The van der Waals surface area contributed by atoms with Crippen LogP contribution in [0.5, 0.6) is 17.2 Å². The third kappa shape index (κ3) is 6.68. The van der Waals surface area contributed by atoms with Crippen LogP contribution in [0.3, 0.4) is 0 Å². The van der Waals surface area contributed by atoms with Crippen LogP contribution in [0.4, 0.5) is 4.79 Å². The maximum Gasteiger partial charge on any atom is 0.410 e. The van der Waals surface area contributed by atoms with Crippen molar-refractivity contribution >= 4 is 12.0 Å². The Morgan fingerprint density at radius 2 is 1.61 bits per heavy atom. The molecule has 1 heterocycles. The molecule has 0 bridgehead atoms. The number of carbonyl (C=O) groups excluding carboxylic acids is 2. The van der Waals surface area contributed by atoms with E-state index in [1.165, 1.54) is 6.42 Å². The molecule has 8 nitrogen and oxygen atoms in total. The van der Waals surface area contributed by atoms with Crippen LogP contribution in [0.15, 0.2) is 12.1 Å². The Labute approximate surface area is 196 Å². The number of benzene rings is 1. The van der Waals surface area contributed by atoms with Crippen molar-refractivity contribution in [2.75, 3.05) is 34.4 Å². The van der Waals surface area contributed by atoms with Crippen molar-refractivity contribution < 1.29 is 28.5 Å². The molecule has 1 atom stereocenters. The minimum atomic E-state index is -0.448. The lowest BCUT2D eigenvalue weighted by Crippen LogP contribution is -2.52. The van der Waals surface area contributed by atoms with Crippen molar-refractivity contribution in [1.82, 2.24) is 10.2 Å². The summed E-state index contributed by atoms with van der Waals surface area (Å²) in [5, 5.41) is 3.02. The Kier molecular flexibility index (Phi) is 9.51. The molecule has 8 heteroatoms. The van der Waals surface area contributed by atoms with Gasteiger partial charge in [-0.15, -0.1) is 0 Å². The van der Waals surface area contributed by atoms with Gasteiger partial charge in [0.15, 0.2) is 11.5 Å². The van der Waals surface area contributed by atoms with E-state index in [0.29, 0.717) is 36.8 Å². The number of likely N-dealkylation sites (tertiary alicyclic amines) is 1. The first kappa shape index (κ1) is 25.0. The quantitative estimate of drug-likeness (QED) is 0.557. The number of aryl methyl sites for hydroxylation is 1. The summed E-state index contributed by atoms with van der Waals surface area (Å²) >= 11 is 0. The molecular weight excluding hydrogens is 424 g/mol. The van der Waals surface area contributed by atoms with E-state index in [2.05, 4.69) is 5.32 Å². The SMILES string of the molecule is COc1cc(CCCNC(=O)C2CCCCN2C(=O)OC2CCCCC2)cc(OC)c1OC. The second-order valence-corrected chi connectivity index (χ2v) is 8.78. The lowest BCUT2D eigenvalue weighted by Gasteiger charge is -2.35. The summed E-state index contributed by atoms with van der Waals surface area (Å²) in [5.41, 5.74) is 1.04. The normalized spacial score (nSPS) is 19.0. The zero-order valence-electron chi connectivity index (χ0n) is 20.2. The predicted molar refractivity (Wildman–Crippen MR) is 125 cm³/mol. The zero-order valence-corrected chi connectivity index (χ0v) is 20.2. The number of methoxy groups -OCH3 is 3. The van der Waals surface area contributed by atoms with Gasteiger partial charge in [-0.05, 0) is 75.5 Å². The van der Waals surface area contributed by atoms with E-state index in [1.54, 1.807) is 26.2 Å². The fourth-order valence-electron chi connectivity index (χ4n) is 4.72. The zero-order chi connectivity index (χ0) is 23.6. The third-order valence-electron chi connectivity index (χ3n) is 6.53. The Morgan fingerprint density at radius 1 is 0.939 bits per heavy atom. The van der Waals surface area contributed by atoms with E-state index in [9.17, 15) is 9.59 Å². The van der Waals surface area contributed by atoms with Gasteiger partial charge in [0.2, 0.25) is 11.7 Å². The van der Waals surface area contributed by atoms with Crippen LogP contribution in [-0.2, 0) is 16.0 Å².